The third-order valence-electron chi connectivity index (χ3n) is 7.01. The van der Waals surface area contributed by atoms with Crippen LogP contribution in [0.1, 0.15) is 54.4 Å². The maximum absolute atomic E-state index is 13.0. The molecule has 0 unspecified atom stereocenters. The third kappa shape index (κ3) is 4.84. The highest BCUT2D eigenvalue weighted by Gasteiger charge is 2.27. The average molecular weight is 435 g/mol. The van der Waals surface area contributed by atoms with Gasteiger partial charge in [-0.3, -0.25) is 14.6 Å². The van der Waals surface area contributed by atoms with Crippen molar-refractivity contribution in [1.29, 1.82) is 0 Å². The van der Waals surface area contributed by atoms with E-state index in [1.807, 2.05) is 36.4 Å². The van der Waals surface area contributed by atoms with Gasteiger partial charge in [-0.1, -0.05) is 12.8 Å². The smallest absolute Gasteiger partial charge is 0.194 e. The Morgan fingerprint density at radius 1 is 0.594 bits per heavy atom. The molecule has 2 aliphatic heterocycles. The first-order chi connectivity index (χ1) is 15.8. The molecule has 2 fully saturated rings. The highest BCUT2D eigenvalue weighted by Crippen LogP contribution is 2.40. The van der Waals surface area contributed by atoms with Crippen molar-refractivity contribution in [2.24, 2.45) is 0 Å². The van der Waals surface area contributed by atoms with Crippen LogP contribution >= 0.6 is 0 Å². The van der Waals surface area contributed by atoms with Crippen LogP contribution in [0.5, 0.6) is 11.5 Å². The van der Waals surface area contributed by atoms with Crippen molar-refractivity contribution >= 4 is 5.78 Å². The summed E-state index contributed by atoms with van der Waals surface area (Å²) >= 11 is 0. The number of hydrogen-bond donors (Lipinski definition) is 0. The number of ether oxygens (including phenoxy) is 2. The second-order valence-corrected chi connectivity index (χ2v) is 9.25. The van der Waals surface area contributed by atoms with Gasteiger partial charge in [-0.05, 0) is 99.4 Å². The van der Waals surface area contributed by atoms with Crippen LogP contribution in [0.15, 0.2) is 36.4 Å². The number of benzene rings is 2. The average Bonchev–Trinajstić information content (AvgIpc) is 3.11. The molecule has 2 heterocycles. The van der Waals surface area contributed by atoms with E-state index < -0.39 is 0 Å². The Morgan fingerprint density at radius 3 is 1.66 bits per heavy atom. The molecule has 1 aliphatic carbocycles. The first-order valence-electron chi connectivity index (χ1n) is 12.3. The fourth-order valence-corrected chi connectivity index (χ4v) is 5.17. The van der Waals surface area contributed by atoms with Crippen LogP contribution in [-0.2, 0) is 0 Å². The molecule has 5 nitrogen and oxygen atoms in total. The Bertz CT molecular complexity index is 946. The molecule has 170 valence electrons. The second kappa shape index (κ2) is 10.1. The van der Waals surface area contributed by atoms with Gasteiger partial charge in [-0.15, -0.1) is 0 Å². The molecule has 0 atom stereocenters. The summed E-state index contributed by atoms with van der Waals surface area (Å²) in [4.78, 5) is 17.9. The predicted octanol–water partition coefficient (Wildman–Crippen LogP) is 4.63. The Hall–Kier alpha value is -2.37. The monoisotopic (exact) mass is 434 g/mol. The molecule has 0 aromatic heterocycles. The first-order valence-corrected chi connectivity index (χ1v) is 12.3. The van der Waals surface area contributed by atoms with E-state index in [0.717, 1.165) is 46.8 Å². The minimum absolute atomic E-state index is 0.0800. The van der Waals surface area contributed by atoms with Gasteiger partial charge < -0.3 is 9.47 Å². The summed E-state index contributed by atoms with van der Waals surface area (Å²) in [5.74, 6) is 1.69. The van der Waals surface area contributed by atoms with E-state index in [1.165, 1.54) is 64.7 Å². The maximum Gasteiger partial charge on any atom is 0.194 e. The van der Waals surface area contributed by atoms with Gasteiger partial charge in [0.1, 0.15) is 24.7 Å². The van der Waals surface area contributed by atoms with Gasteiger partial charge in [0.25, 0.3) is 0 Å². The van der Waals surface area contributed by atoms with E-state index in [1.54, 1.807) is 0 Å². The number of piperidine rings is 2. The van der Waals surface area contributed by atoms with Gasteiger partial charge in [0, 0.05) is 24.2 Å². The Balaban J connectivity index is 1.20. The summed E-state index contributed by atoms with van der Waals surface area (Å²) in [6.07, 6.45) is 7.85. The number of fused-ring (bicyclic) bond motifs is 3. The van der Waals surface area contributed by atoms with Crippen LogP contribution in [0, 0.1) is 0 Å². The molecule has 2 aromatic rings. The second-order valence-electron chi connectivity index (χ2n) is 9.25. The molecule has 0 radical (unpaired) electrons. The van der Waals surface area contributed by atoms with E-state index in [2.05, 4.69) is 9.80 Å². The van der Waals surface area contributed by atoms with Crippen LogP contribution in [0.2, 0.25) is 0 Å². The molecule has 32 heavy (non-hydrogen) atoms. The number of likely N-dealkylation sites (tertiary alicyclic amines) is 2. The summed E-state index contributed by atoms with van der Waals surface area (Å²) in [6.45, 7) is 7.95. The lowest BCUT2D eigenvalue weighted by Crippen LogP contribution is -2.33. The molecule has 0 bridgehead atoms. The summed E-state index contributed by atoms with van der Waals surface area (Å²) < 4.78 is 12.0. The molecule has 5 rings (SSSR count). The number of rotatable bonds is 8. The van der Waals surface area contributed by atoms with Crippen LogP contribution in [0.4, 0.5) is 0 Å². The largest absolute Gasteiger partial charge is 0.492 e. The molecule has 3 aliphatic rings. The molecule has 0 spiro atoms. The Labute approximate surface area is 191 Å². The number of nitrogens with zero attached hydrogens (tertiary/aromatic N) is 2. The molecular formula is C27H34N2O3. The van der Waals surface area contributed by atoms with Crippen LogP contribution in [-0.4, -0.2) is 68.1 Å². The van der Waals surface area contributed by atoms with E-state index in [4.69, 9.17) is 9.47 Å². The van der Waals surface area contributed by atoms with E-state index in [9.17, 15) is 4.79 Å². The molecular weight excluding hydrogens is 400 g/mol. The Morgan fingerprint density at radius 2 is 1.09 bits per heavy atom. The topological polar surface area (TPSA) is 42.0 Å². The minimum Gasteiger partial charge on any atom is -0.492 e. The van der Waals surface area contributed by atoms with Crippen molar-refractivity contribution in [1.82, 2.24) is 9.80 Å². The van der Waals surface area contributed by atoms with Gasteiger partial charge in [-0.2, -0.15) is 0 Å². The Kier molecular flexibility index (Phi) is 6.75. The van der Waals surface area contributed by atoms with E-state index in [0.29, 0.717) is 13.2 Å². The summed E-state index contributed by atoms with van der Waals surface area (Å²) in [7, 11) is 0. The molecule has 0 amide bonds. The molecule has 0 N–H and O–H groups in total. The van der Waals surface area contributed by atoms with Gasteiger partial charge >= 0.3 is 0 Å². The van der Waals surface area contributed by atoms with Crippen molar-refractivity contribution in [3.8, 4) is 22.6 Å². The van der Waals surface area contributed by atoms with E-state index in [-0.39, 0.29) is 5.78 Å². The van der Waals surface area contributed by atoms with Crippen LogP contribution in [0.25, 0.3) is 11.1 Å². The number of hydrogen-bond acceptors (Lipinski definition) is 5. The van der Waals surface area contributed by atoms with Crippen molar-refractivity contribution < 1.29 is 14.3 Å². The lowest BCUT2D eigenvalue weighted by atomic mass is 10.1. The number of carbonyl (C=O) groups excluding carboxylic acids is 1. The van der Waals surface area contributed by atoms with Crippen molar-refractivity contribution in [2.45, 2.75) is 38.5 Å². The summed E-state index contributed by atoms with van der Waals surface area (Å²) in [6, 6.07) is 11.8. The predicted molar refractivity (Wildman–Crippen MR) is 127 cm³/mol. The third-order valence-corrected chi connectivity index (χ3v) is 7.01. The highest BCUT2D eigenvalue weighted by molar-refractivity contribution is 6.22. The molecule has 2 aromatic carbocycles. The summed E-state index contributed by atoms with van der Waals surface area (Å²) in [5, 5.41) is 0. The fraction of sp³-hybridized carbons (Fsp3) is 0.519. The molecule has 0 saturated carbocycles. The number of carbonyl (C=O) groups is 1. The first kappa shape index (κ1) is 21.5. The standard InChI is InChI=1S/C27H34N2O3/c30-27-24-10-8-21(31-17-15-28-11-3-1-4-12-28)19-25(24)23-9-7-22(20-26(23)27)32-18-16-29-13-5-2-6-14-29/h7-10,19-20H,1-6,11-18H2. The molecule has 5 heteroatoms. The van der Waals surface area contributed by atoms with Gasteiger partial charge in [0.05, 0.1) is 0 Å². The van der Waals surface area contributed by atoms with Crippen LogP contribution < -0.4 is 9.47 Å². The van der Waals surface area contributed by atoms with E-state index >= 15 is 0 Å². The lowest BCUT2D eigenvalue weighted by molar-refractivity contribution is 0.104. The SMILES string of the molecule is O=C1c2cc(OCCN3CCCCC3)ccc2-c2cc(OCCN3CCCCC3)ccc21. The van der Waals surface area contributed by atoms with Crippen LogP contribution in [0.3, 0.4) is 0 Å². The van der Waals surface area contributed by atoms with Crippen molar-refractivity contribution in [3.63, 3.8) is 0 Å². The molecule has 2 saturated heterocycles. The highest BCUT2D eigenvalue weighted by atomic mass is 16.5. The zero-order valence-corrected chi connectivity index (χ0v) is 19.0. The zero-order valence-electron chi connectivity index (χ0n) is 19.0. The van der Waals surface area contributed by atoms with Crippen molar-refractivity contribution in [2.75, 3.05) is 52.5 Å². The van der Waals surface area contributed by atoms with Crippen molar-refractivity contribution in [3.05, 3.63) is 47.5 Å². The zero-order chi connectivity index (χ0) is 21.8. The normalized spacial score (nSPS) is 18.9. The van der Waals surface area contributed by atoms with Gasteiger partial charge in [-0.25, -0.2) is 0 Å². The van der Waals surface area contributed by atoms with Gasteiger partial charge in [0.2, 0.25) is 0 Å². The maximum atomic E-state index is 13.0. The lowest BCUT2D eigenvalue weighted by Gasteiger charge is -2.26. The fourth-order valence-electron chi connectivity index (χ4n) is 5.17. The quantitative estimate of drug-likeness (QED) is 0.517. The minimum atomic E-state index is 0.0800. The number of ketones is 1. The summed E-state index contributed by atoms with van der Waals surface area (Å²) in [5.41, 5.74) is 3.45. The van der Waals surface area contributed by atoms with Gasteiger partial charge in [0.15, 0.2) is 5.78 Å².